The summed E-state index contributed by atoms with van der Waals surface area (Å²) in [6, 6.07) is 6.06. The summed E-state index contributed by atoms with van der Waals surface area (Å²) in [5.74, 6) is 0.224. The largest absolute Gasteiger partial charge is 0.369 e. The van der Waals surface area contributed by atoms with Crippen LogP contribution in [-0.2, 0) is 0 Å². The third-order valence-electron chi connectivity index (χ3n) is 2.73. The van der Waals surface area contributed by atoms with Crippen LogP contribution < -0.4 is 10.6 Å². The maximum atomic E-state index is 8.69. The van der Waals surface area contributed by atoms with Gasteiger partial charge in [0.25, 0.3) is 0 Å². The third-order valence-corrected chi connectivity index (χ3v) is 2.73. The molecule has 0 aromatic heterocycles. The van der Waals surface area contributed by atoms with Gasteiger partial charge in [-0.3, -0.25) is 0 Å². The maximum absolute atomic E-state index is 8.69. The van der Waals surface area contributed by atoms with Gasteiger partial charge in [0.1, 0.15) is 0 Å². The molecule has 0 heterocycles. The number of rotatable bonds is 1. The number of anilines is 1. The van der Waals surface area contributed by atoms with Crippen molar-refractivity contribution >= 4 is 11.6 Å². The molecule has 0 bridgehead atoms. The lowest BCUT2D eigenvalue weighted by Gasteiger charge is -2.38. The Kier molecular flexibility index (Phi) is 3.97. The zero-order valence-corrected chi connectivity index (χ0v) is 11.7. The summed E-state index contributed by atoms with van der Waals surface area (Å²) < 4.78 is 0. The summed E-state index contributed by atoms with van der Waals surface area (Å²) in [6.07, 6.45) is 1.75. The number of aliphatic imine (C=N–C) groups is 1. The minimum Gasteiger partial charge on any atom is -0.369 e. The van der Waals surface area contributed by atoms with Gasteiger partial charge in [0, 0.05) is 5.54 Å². The second-order valence-electron chi connectivity index (χ2n) is 5.32. The first-order chi connectivity index (χ1) is 8.29. The summed E-state index contributed by atoms with van der Waals surface area (Å²) in [6.45, 7) is 10.2. The van der Waals surface area contributed by atoms with Gasteiger partial charge in [-0.25, -0.2) is 0 Å². The van der Waals surface area contributed by atoms with Crippen LogP contribution in [0.3, 0.4) is 0 Å². The lowest BCUT2D eigenvalue weighted by molar-refractivity contribution is 0.567. The second kappa shape index (κ2) is 5.09. The molecule has 96 valence electrons. The summed E-state index contributed by atoms with van der Waals surface area (Å²) in [4.78, 5) is 5.58. The molecule has 0 saturated heterocycles. The minimum absolute atomic E-state index is 0.224. The molecule has 1 aromatic rings. The van der Waals surface area contributed by atoms with Crippen molar-refractivity contribution in [2.24, 2.45) is 10.7 Å². The topological polar surface area (TPSA) is 65.4 Å². The van der Waals surface area contributed by atoms with E-state index in [0.717, 1.165) is 16.8 Å². The maximum Gasteiger partial charge on any atom is 0.212 e. The highest BCUT2D eigenvalue weighted by molar-refractivity contribution is 5.98. The van der Waals surface area contributed by atoms with Crippen LogP contribution in [0.1, 0.15) is 31.9 Å². The van der Waals surface area contributed by atoms with Gasteiger partial charge < -0.3 is 10.6 Å². The monoisotopic (exact) mass is 244 g/mol. The number of para-hydroxylation sites is 1. The fourth-order valence-corrected chi connectivity index (χ4v) is 2.05. The minimum atomic E-state index is -0.249. The van der Waals surface area contributed by atoms with Crippen LogP contribution in [0.4, 0.5) is 5.69 Å². The van der Waals surface area contributed by atoms with E-state index in [1.54, 1.807) is 6.19 Å². The molecule has 0 aliphatic carbocycles. The molecule has 18 heavy (non-hydrogen) atoms. The van der Waals surface area contributed by atoms with Gasteiger partial charge in [0.15, 0.2) is 0 Å². The SMILES string of the molecule is Cc1cccc(C)c1N(C(N)=NC#N)C(C)(C)C. The Morgan fingerprint density at radius 2 is 1.78 bits per heavy atom. The number of nitriles is 1. The fourth-order valence-electron chi connectivity index (χ4n) is 2.05. The Bertz CT molecular complexity index is 483. The average Bonchev–Trinajstić information content (AvgIpc) is 2.21. The fraction of sp³-hybridized carbons (Fsp3) is 0.429. The number of nitrogens with two attached hydrogens (primary N) is 1. The molecule has 0 fully saturated rings. The van der Waals surface area contributed by atoms with Gasteiger partial charge in [-0.05, 0) is 45.7 Å². The first kappa shape index (κ1) is 14.0. The quantitative estimate of drug-likeness (QED) is 0.469. The first-order valence-corrected chi connectivity index (χ1v) is 5.87. The van der Waals surface area contributed by atoms with E-state index in [1.165, 1.54) is 0 Å². The highest BCUT2D eigenvalue weighted by atomic mass is 15.3. The lowest BCUT2D eigenvalue weighted by atomic mass is 10.0. The molecule has 2 N–H and O–H groups in total. The zero-order chi connectivity index (χ0) is 13.9. The van der Waals surface area contributed by atoms with Crippen LogP contribution >= 0.6 is 0 Å². The van der Waals surface area contributed by atoms with E-state index in [0.29, 0.717) is 0 Å². The predicted molar refractivity (Wildman–Crippen MR) is 75.4 cm³/mol. The number of nitrogens with zero attached hydrogens (tertiary/aromatic N) is 3. The van der Waals surface area contributed by atoms with Gasteiger partial charge in [0.05, 0.1) is 5.69 Å². The van der Waals surface area contributed by atoms with Gasteiger partial charge in [-0.15, -0.1) is 4.99 Å². The molecule has 1 aromatic carbocycles. The standard InChI is InChI=1S/C14H20N4/c1-10-7-6-8-11(2)12(10)18(14(3,4)5)13(16)17-9-15/h6-8H,1-5H3,(H2,16,17). The smallest absolute Gasteiger partial charge is 0.212 e. The van der Waals surface area contributed by atoms with Crippen molar-refractivity contribution in [3.63, 3.8) is 0 Å². The number of hydrogen-bond acceptors (Lipinski definition) is 2. The van der Waals surface area contributed by atoms with E-state index in [2.05, 4.69) is 4.99 Å². The van der Waals surface area contributed by atoms with Crippen LogP contribution in [0.25, 0.3) is 0 Å². The molecule has 0 unspecified atom stereocenters. The highest BCUT2D eigenvalue weighted by Gasteiger charge is 2.27. The average molecular weight is 244 g/mol. The molecule has 4 heteroatoms. The summed E-state index contributed by atoms with van der Waals surface area (Å²) >= 11 is 0. The van der Waals surface area contributed by atoms with Crippen LogP contribution in [0.15, 0.2) is 23.2 Å². The molecule has 0 spiro atoms. The van der Waals surface area contributed by atoms with Crippen LogP contribution in [0.2, 0.25) is 0 Å². The number of hydrogen-bond donors (Lipinski definition) is 1. The van der Waals surface area contributed by atoms with Gasteiger partial charge >= 0.3 is 0 Å². The van der Waals surface area contributed by atoms with Crippen molar-refractivity contribution in [1.82, 2.24) is 0 Å². The molecular weight excluding hydrogens is 224 g/mol. The van der Waals surface area contributed by atoms with Crippen molar-refractivity contribution in [1.29, 1.82) is 5.26 Å². The van der Waals surface area contributed by atoms with E-state index in [9.17, 15) is 0 Å². The molecular formula is C14H20N4. The zero-order valence-electron chi connectivity index (χ0n) is 11.7. The van der Waals surface area contributed by atoms with E-state index in [1.807, 2.05) is 57.7 Å². The Balaban J connectivity index is 3.47. The third kappa shape index (κ3) is 2.80. The van der Waals surface area contributed by atoms with E-state index >= 15 is 0 Å². The molecule has 0 saturated carbocycles. The Morgan fingerprint density at radius 1 is 1.28 bits per heavy atom. The van der Waals surface area contributed by atoms with Crippen LogP contribution in [0, 0.1) is 25.3 Å². The Morgan fingerprint density at radius 3 is 2.17 bits per heavy atom. The van der Waals surface area contributed by atoms with Crippen molar-refractivity contribution < 1.29 is 0 Å². The molecule has 0 atom stereocenters. The van der Waals surface area contributed by atoms with Gasteiger partial charge in [-0.2, -0.15) is 5.26 Å². The Labute approximate surface area is 109 Å². The van der Waals surface area contributed by atoms with Gasteiger partial charge in [0.2, 0.25) is 12.2 Å². The first-order valence-electron chi connectivity index (χ1n) is 5.87. The molecule has 0 amide bonds. The molecule has 0 radical (unpaired) electrons. The predicted octanol–water partition coefficient (Wildman–Crippen LogP) is 2.70. The summed E-state index contributed by atoms with van der Waals surface area (Å²) in [5.41, 5.74) is 8.93. The van der Waals surface area contributed by atoms with Crippen molar-refractivity contribution in [3.05, 3.63) is 29.3 Å². The molecule has 0 aliphatic heterocycles. The normalized spacial score (nSPS) is 12.1. The van der Waals surface area contributed by atoms with Crippen LogP contribution in [-0.4, -0.2) is 11.5 Å². The number of benzene rings is 1. The molecule has 1 rings (SSSR count). The molecule has 0 aliphatic rings. The second-order valence-corrected chi connectivity index (χ2v) is 5.32. The highest BCUT2D eigenvalue weighted by Crippen LogP contribution is 2.30. The summed E-state index contributed by atoms with van der Waals surface area (Å²) in [7, 11) is 0. The summed E-state index contributed by atoms with van der Waals surface area (Å²) in [5, 5.41) is 8.69. The number of aryl methyl sites for hydroxylation is 2. The lowest BCUT2D eigenvalue weighted by Crippen LogP contribution is -2.50. The van der Waals surface area contributed by atoms with E-state index in [4.69, 9.17) is 11.0 Å². The molecule has 4 nitrogen and oxygen atoms in total. The Hall–Kier alpha value is -2.02. The van der Waals surface area contributed by atoms with E-state index < -0.39 is 0 Å². The van der Waals surface area contributed by atoms with Crippen molar-refractivity contribution in [2.45, 2.75) is 40.2 Å². The van der Waals surface area contributed by atoms with Gasteiger partial charge in [-0.1, -0.05) is 18.2 Å². The van der Waals surface area contributed by atoms with Crippen molar-refractivity contribution in [2.75, 3.05) is 4.90 Å². The van der Waals surface area contributed by atoms with Crippen molar-refractivity contribution in [3.8, 4) is 6.19 Å². The number of guanidine groups is 1. The van der Waals surface area contributed by atoms with Crippen LogP contribution in [0.5, 0.6) is 0 Å². The van der Waals surface area contributed by atoms with E-state index in [-0.39, 0.29) is 11.5 Å².